The summed E-state index contributed by atoms with van der Waals surface area (Å²) < 4.78 is 27.1. The van der Waals surface area contributed by atoms with E-state index in [1.165, 1.54) is 29.5 Å². The first kappa shape index (κ1) is 15.5. The molecule has 2 aromatic carbocycles. The van der Waals surface area contributed by atoms with Crippen LogP contribution in [0.4, 0.5) is 0 Å². The van der Waals surface area contributed by atoms with Gasteiger partial charge < -0.3 is 4.83 Å². The molecule has 6 nitrogen and oxygen atoms in total. The lowest BCUT2D eigenvalue weighted by Gasteiger charge is -2.16. The number of halogens is 1. The average Bonchev–Trinajstić information content (AvgIpc) is 2.97. The van der Waals surface area contributed by atoms with Crippen LogP contribution in [-0.4, -0.2) is 18.2 Å². The highest BCUT2D eigenvalue weighted by Gasteiger charge is 2.08. The smallest absolute Gasteiger partial charge is 0.255 e. The predicted molar refractivity (Wildman–Crippen MR) is 85.4 cm³/mol. The Morgan fingerprint density at radius 2 is 1.78 bits per heavy atom. The number of hydrogen-bond acceptors (Lipinski definition) is 3. The van der Waals surface area contributed by atoms with E-state index in [4.69, 9.17) is 11.6 Å². The van der Waals surface area contributed by atoms with E-state index >= 15 is 0 Å². The molecule has 0 atom stereocenters. The van der Waals surface area contributed by atoms with Crippen LogP contribution in [0.3, 0.4) is 0 Å². The van der Waals surface area contributed by atoms with E-state index < -0.39 is 10.0 Å². The minimum absolute atomic E-state index is 0.137. The molecule has 0 bridgehead atoms. The van der Waals surface area contributed by atoms with Crippen molar-refractivity contribution in [3.63, 3.8) is 0 Å². The van der Waals surface area contributed by atoms with Crippen molar-refractivity contribution in [2.45, 2.75) is 11.4 Å². The Kier molecular flexibility index (Phi) is 4.31. The van der Waals surface area contributed by atoms with Crippen LogP contribution in [0.1, 0.15) is 5.56 Å². The molecular formula is C15H13ClN4O2S. The van der Waals surface area contributed by atoms with E-state index in [0.29, 0.717) is 11.6 Å². The Labute approximate surface area is 139 Å². The number of nitrogens with zero attached hydrogens (tertiary/aromatic N) is 4. The van der Waals surface area contributed by atoms with Crippen molar-refractivity contribution < 1.29 is 13.1 Å². The summed E-state index contributed by atoms with van der Waals surface area (Å²) in [7, 11) is -3.76. The normalized spacial score (nSPS) is 11.3. The van der Waals surface area contributed by atoms with Crippen molar-refractivity contribution in [3.8, 4) is 0 Å². The summed E-state index contributed by atoms with van der Waals surface area (Å²) in [4.78, 5) is 3.86. The van der Waals surface area contributed by atoms with Gasteiger partial charge in [0.25, 0.3) is 6.33 Å². The number of sulfonamides is 1. The molecule has 0 spiro atoms. The molecular weight excluding hydrogens is 336 g/mol. The van der Waals surface area contributed by atoms with E-state index in [2.05, 4.69) is 9.93 Å². The highest BCUT2D eigenvalue weighted by molar-refractivity contribution is 7.93. The number of benzene rings is 2. The average molecular weight is 349 g/mol. The Morgan fingerprint density at radius 1 is 1.09 bits per heavy atom. The van der Waals surface area contributed by atoms with Gasteiger partial charge in [0.2, 0.25) is 6.33 Å². The molecule has 3 rings (SSSR count). The Bertz CT molecular complexity index is 893. The van der Waals surface area contributed by atoms with Gasteiger partial charge in [0, 0.05) is 10.1 Å². The molecule has 0 N–H and O–H groups in total. The maximum absolute atomic E-state index is 12.2. The number of aromatic nitrogens is 3. The minimum atomic E-state index is -3.76. The molecule has 3 aromatic rings. The molecule has 23 heavy (non-hydrogen) atoms. The minimum Gasteiger partial charge on any atom is -0.439 e. The monoisotopic (exact) mass is 348 g/mol. The Morgan fingerprint density at radius 3 is 2.48 bits per heavy atom. The molecule has 8 heteroatoms. The van der Waals surface area contributed by atoms with Crippen molar-refractivity contribution in [2.75, 3.05) is 0 Å². The van der Waals surface area contributed by atoms with Gasteiger partial charge in [-0.15, -0.1) is 4.68 Å². The van der Waals surface area contributed by atoms with Gasteiger partial charge in [-0.05, 0) is 29.8 Å². The second-order valence-electron chi connectivity index (χ2n) is 4.82. The van der Waals surface area contributed by atoms with Gasteiger partial charge in [0.15, 0.2) is 0 Å². The fourth-order valence-corrected chi connectivity index (χ4v) is 3.03. The van der Waals surface area contributed by atoms with Crippen molar-refractivity contribution in [1.29, 1.82) is 0 Å². The molecule has 0 amide bonds. The van der Waals surface area contributed by atoms with Gasteiger partial charge in [0.05, 0.1) is 4.90 Å². The lowest BCUT2D eigenvalue weighted by Crippen LogP contribution is -2.29. The summed E-state index contributed by atoms with van der Waals surface area (Å²) in [6.45, 7) is 0.491. The molecule has 0 aliphatic carbocycles. The second-order valence-corrected chi connectivity index (χ2v) is 6.84. The van der Waals surface area contributed by atoms with Crippen LogP contribution < -0.4 is 4.68 Å². The zero-order chi connectivity index (χ0) is 16.3. The maximum Gasteiger partial charge on any atom is 0.255 e. The van der Waals surface area contributed by atoms with Gasteiger partial charge in [-0.25, -0.2) is 8.42 Å². The quantitative estimate of drug-likeness (QED) is 0.665. The third-order valence-electron chi connectivity index (χ3n) is 3.07. The first-order valence-electron chi connectivity index (χ1n) is 6.74. The van der Waals surface area contributed by atoms with Crippen molar-refractivity contribution >= 4 is 21.6 Å². The standard InChI is InChI=1S/C15H13ClN4O2S/c16-14-8-6-13(7-9-14)10-19-12-20(11-17-19)18-23(21,22)15-4-2-1-3-5-15/h1-9,11-12H,10H2. The molecule has 0 fully saturated rings. The van der Waals surface area contributed by atoms with Crippen LogP contribution in [-0.2, 0) is 16.6 Å². The van der Waals surface area contributed by atoms with Gasteiger partial charge >= 0.3 is 0 Å². The van der Waals surface area contributed by atoms with Crippen LogP contribution in [0.25, 0.3) is 4.83 Å². The first-order valence-corrected chi connectivity index (χ1v) is 8.56. The number of hydrogen-bond donors (Lipinski definition) is 0. The van der Waals surface area contributed by atoms with Crippen LogP contribution in [0, 0.1) is 0 Å². The highest BCUT2D eigenvalue weighted by atomic mass is 35.5. The topological polar surface area (TPSA) is 69.9 Å². The lowest BCUT2D eigenvalue weighted by molar-refractivity contribution is -0.614. The molecule has 0 unspecified atom stereocenters. The van der Waals surface area contributed by atoms with Crippen LogP contribution in [0.15, 0.2) is 72.1 Å². The van der Waals surface area contributed by atoms with Crippen LogP contribution in [0.2, 0.25) is 5.02 Å². The Balaban J connectivity index is 1.73. The highest BCUT2D eigenvalue weighted by Crippen LogP contribution is 2.13. The summed E-state index contributed by atoms with van der Waals surface area (Å²) in [5.74, 6) is 0. The molecule has 0 radical (unpaired) electrons. The third kappa shape index (κ3) is 3.88. The van der Waals surface area contributed by atoms with E-state index in [1.54, 1.807) is 35.0 Å². The maximum atomic E-state index is 12.2. The molecule has 0 saturated heterocycles. The zero-order valence-electron chi connectivity index (χ0n) is 11.9. The molecule has 1 aromatic heterocycles. The molecule has 0 aliphatic heterocycles. The summed E-state index contributed by atoms with van der Waals surface area (Å²) in [5.41, 5.74) is 0.996. The van der Waals surface area contributed by atoms with Crippen LogP contribution >= 0.6 is 11.6 Å². The zero-order valence-corrected chi connectivity index (χ0v) is 13.5. The number of rotatable bonds is 5. The van der Waals surface area contributed by atoms with E-state index in [9.17, 15) is 8.42 Å². The van der Waals surface area contributed by atoms with E-state index in [1.807, 2.05) is 12.1 Å². The fraction of sp³-hybridized carbons (Fsp3) is 0.0667. The second kappa shape index (κ2) is 6.39. The summed E-state index contributed by atoms with van der Waals surface area (Å²) >= 11 is 5.84. The van der Waals surface area contributed by atoms with Gasteiger partial charge in [0.1, 0.15) is 16.6 Å². The molecule has 0 saturated carbocycles. The first-order chi connectivity index (χ1) is 11.0. The van der Waals surface area contributed by atoms with E-state index in [0.717, 1.165) is 5.56 Å². The van der Waals surface area contributed by atoms with Gasteiger partial charge in [-0.1, -0.05) is 41.9 Å². The summed E-state index contributed by atoms with van der Waals surface area (Å²) in [5, 5.41) is 4.76. The molecule has 118 valence electrons. The SMILES string of the molecule is O=S(=O)([N-][n+]1cnn(Cc2ccc(Cl)cc2)c1)c1ccccc1. The third-order valence-corrected chi connectivity index (χ3v) is 4.59. The van der Waals surface area contributed by atoms with Gasteiger partial charge in [-0.2, -0.15) is 0 Å². The van der Waals surface area contributed by atoms with Crippen molar-refractivity contribution in [2.24, 2.45) is 0 Å². The van der Waals surface area contributed by atoms with Gasteiger partial charge in [-0.3, -0.25) is 4.68 Å². The summed E-state index contributed by atoms with van der Waals surface area (Å²) in [6.07, 6.45) is 2.85. The van der Waals surface area contributed by atoms with Crippen molar-refractivity contribution in [3.05, 3.63) is 82.7 Å². The van der Waals surface area contributed by atoms with Crippen LogP contribution in [0.5, 0.6) is 0 Å². The molecule has 1 heterocycles. The summed E-state index contributed by atoms with van der Waals surface area (Å²) in [6, 6.07) is 15.4. The lowest BCUT2D eigenvalue weighted by atomic mass is 10.2. The fourth-order valence-electron chi connectivity index (χ4n) is 1.98. The van der Waals surface area contributed by atoms with Crippen molar-refractivity contribution in [1.82, 2.24) is 9.78 Å². The molecule has 0 aliphatic rings. The largest absolute Gasteiger partial charge is 0.439 e. The predicted octanol–water partition coefficient (Wildman–Crippen LogP) is 2.40. The Hall–Kier alpha value is -2.38. The van der Waals surface area contributed by atoms with E-state index in [-0.39, 0.29) is 4.90 Å².